The maximum atomic E-state index is 15.0. The van der Waals surface area contributed by atoms with E-state index in [1.165, 1.54) is 6.42 Å². The van der Waals surface area contributed by atoms with E-state index in [1.54, 1.807) is 0 Å². The van der Waals surface area contributed by atoms with Crippen LogP contribution >= 0.6 is 7.14 Å². The zero-order chi connectivity index (χ0) is 17.3. The monoisotopic (exact) mass is 352 g/mol. The van der Waals surface area contributed by atoms with Crippen LogP contribution in [-0.2, 0) is 9.30 Å². The maximum Gasteiger partial charge on any atom is 0.174 e. The summed E-state index contributed by atoms with van der Waals surface area (Å²) < 4.78 is 21.6. The van der Waals surface area contributed by atoms with Crippen molar-refractivity contribution in [1.82, 2.24) is 0 Å². The van der Waals surface area contributed by atoms with Crippen LogP contribution in [0.2, 0.25) is 0 Å². The van der Waals surface area contributed by atoms with Crippen molar-refractivity contribution in [3.05, 3.63) is 60.7 Å². The predicted molar refractivity (Wildman–Crippen MR) is 102 cm³/mol. The highest BCUT2D eigenvalue weighted by atomic mass is 31.2. The third kappa shape index (κ3) is 1.60. The molecular weight excluding hydrogens is 327 g/mol. The van der Waals surface area contributed by atoms with Gasteiger partial charge in [-0.25, -0.2) is 0 Å². The summed E-state index contributed by atoms with van der Waals surface area (Å²) in [5.41, 5.74) is 0.137. The fraction of sp³-hybridized carbons (Fsp3) is 0.455. The van der Waals surface area contributed by atoms with Gasteiger partial charge in [0.05, 0.1) is 6.61 Å². The third-order valence-electron chi connectivity index (χ3n) is 7.90. The molecule has 0 spiro atoms. The minimum Gasteiger partial charge on any atom is -0.365 e. The number of ether oxygens (including phenoxy) is 1. The lowest BCUT2D eigenvalue weighted by molar-refractivity contribution is -0.0223. The molecule has 2 aromatic rings. The molecule has 2 aromatic carbocycles. The Labute approximate surface area is 150 Å². The average molecular weight is 352 g/mol. The van der Waals surface area contributed by atoms with Crippen LogP contribution in [0.15, 0.2) is 60.7 Å². The first-order chi connectivity index (χ1) is 12.0. The Morgan fingerprint density at radius 3 is 2.00 bits per heavy atom. The molecule has 0 N–H and O–H groups in total. The van der Waals surface area contributed by atoms with E-state index in [4.69, 9.17) is 4.74 Å². The van der Waals surface area contributed by atoms with E-state index in [9.17, 15) is 0 Å². The molecule has 4 atom stereocenters. The van der Waals surface area contributed by atoms with Crippen LogP contribution in [-0.4, -0.2) is 11.9 Å². The van der Waals surface area contributed by atoms with E-state index in [2.05, 4.69) is 13.8 Å². The van der Waals surface area contributed by atoms with Crippen LogP contribution in [0.3, 0.4) is 0 Å². The van der Waals surface area contributed by atoms with E-state index in [0.717, 1.165) is 30.1 Å². The van der Waals surface area contributed by atoms with E-state index < -0.39 is 12.5 Å². The molecular formula is C22H25O2P. The molecule has 0 unspecified atom stereocenters. The Kier molecular flexibility index (Phi) is 3.09. The van der Waals surface area contributed by atoms with Gasteiger partial charge >= 0.3 is 0 Å². The molecule has 5 rings (SSSR count). The molecule has 2 saturated carbocycles. The molecule has 4 bridgehead atoms. The number of benzene rings is 2. The van der Waals surface area contributed by atoms with Crippen molar-refractivity contribution < 1.29 is 9.30 Å². The number of hydrogen-bond donors (Lipinski definition) is 0. The lowest BCUT2D eigenvalue weighted by Crippen LogP contribution is -2.48. The summed E-state index contributed by atoms with van der Waals surface area (Å²) >= 11 is 0. The number of hydrogen-bond acceptors (Lipinski definition) is 2. The Bertz CT molecular complexity index is 821. The van der Waals surface area contributed by atoms with Crippen LogP contribution in [0, 0.1) is 16.7 Å². The minimum absolute atomic E-state index is 0.0219. The quantitative estimate of drug-likeness (QED) is 0.758. The summed E-state index contributed by atoms with van der Waals surface area (Å²) in [7, 11) is -2.93. The molecule has 2 nitrogen and oxygen atoms in total. The molecule has 2 aliphatic carbocycles. The predicted octanol–water partition coefficient (Wildman–Crippen LogP) is 4.55. The molecule has 0 amide bonds. The smallest absolute Gasteiger partial charge is 0.174 e. The summed E-state index contributed by atoms with van der Waals surface area (Å²) in [6.45, 7) is 5.48. The summed E-state index contributed by atoms with van der Waals surface area (Å²) in [6, 6.07) is 20.2. The summed E-state index contributed by atoms with van der Waals surface area (Å²) in [5.74, 6) is 0.631. The van der Waals surface area contributed by atoms with Crippen molar-refractivity contribution in [2.24, 2.45) is 16.7 Å². The molecule has 3 fully saturated rings. The van der Waals surface area contributed by atoms with Crippen LogP contribution in [0.4, 0.5) is 0 Å². The first kappa shape index (κ1) is 15.9. The second-order valence-electron chi connectivity index (χ2n) is 8.54. The van der Waals surface area contributed by atoms with Crippen LogP contribution in [0.1, 0.15) is 33.1 Å². The zero-order valence-electron chi connectivity index (χ0n) is 14.9. The van der Waals surface area contributed by atoms with Gasteiger partial charge in [-0.15, -0.1) is 0 Å². The molecule has 0 aromatic heterocycles. The van der Waals surface area contributed by atoms with E-state index in [0.29, 0.717) is 5.92 Å². The third-order valence-corrected chi connectivity index (χ3v) is 11.8. The summed E-state index contributed by atoms with van der Waals surface area (Å²) in [5, 5.41) is 1.33. The molecule has 1 heterocycles. The average Bonchev–Trinajstić information content (AvgIpc) is 3.14. The summed E-state index contributed by atoms with van der Waals surface area (Å²) in [4.78, 5) is 0. The van der Waals surface area contributed by atoms with Crippen molar-refractivity contribution in [2.45, 2.75) is 38.5 Å². The Balaban J connectivity index is 1.81. The maximum absolute atomic E-state index is 15.0. The van der Waals surface area contributed by atoms with Gasteiger partial charge in [-0.05, 0) is 25.2 Å². The van der Waals surface area contributed by atoms with Crippen molar-refractivity contribution in [2.75, 3.05) is 6.61 Å². The first-order valence-electron chi connectivity index (χ1n) is 9.33. The Morgan fingerprint density at radius 1 is 0.960 bits per heavy atom. The van der Waals surface area contributed by atoms with Crippen LogP contribution < -0.4 is 10.6 Å². The van der Waals surface area contributed by atoms with Gasteiger partial charge in [0.15, 0.2) is 7.14 Å². The van der Waals surface area contributed by atoms with Gasteiger partial charge in [0.1, 0.15) is 5.34 Å². The van der Waals surface area contributed by atoms with Gasteiger partial charge in [0.2, 0.25) is 0 Å². The fourth-order valence-corrected chi connectivity index (χ4v) is 10.3. The van der Waals surface area contributed by atoms with Crippen LogP contribution in [0.5, 0.6) is 0 Å². The molecule has 130 valence electrons. The van der Waals surface area contributed by atoms with Crippen molar-refractivity contribution in [3.8, 4) is 0 Å². The normalized spacial score (nSPS) is 39.0. The highest BCUT2D eigenvalue weighted by Gasteiger charge is 2.80. The molecule has 1 saturated heterocycles. The lowest BCUT2D eigenvalue weighted by Gasteiger charge is -2.47. The second-order valence-corrected chi connectivity index (χ2v) is 11.5. The fourth-order valence-electron chi connectivity index (χ4n) is 6.22. The van der Waals surface area contributed by atoms with E-state index >= 15 is 4.57 Å². The molecule has 1 aliphatic heterocycles. The van der Waals surface area contributed by atoms with E-state index in [-0.39, 0.29) is 10.8 Å². The highest BCUT2D eigenvalue weighted by molar-refractivity contribution is 7.80. The SMILES string of the molecule is C[C@@]12CC[C@@H]3C[C@]1(P(=O)(c1ccccc1)c1ccccc1)OC[C@@]32C. The van der Waals surface area contributed by atoms with Gasteiger partial charge < -0.3 is 9.30 Å². The zero-order valence-corrected chi connectivity index (χ0v) is 15.8. The lowest BCUT2D eigenvalue weighted by atomic mass is 9.71. The van der Waals surface area contributed by atoms with Gasteiger partial charge in [-0.3, -0.25) is 0 Å². The number of rotatable bonds is 3. The Morgan fingerprint density at radius 2 is 1.52 bits per heavy atom. The first-order valence-corrected chi connectivity index (χ1v) is 11.0. The van der Waals surface area contributed by atoms with Gasteiger partial charge in [-0.1, -0.05) is 74.5 Å². The van der Waals surface area contributed by atoms with Gasteiger partial charge in [-0.2, -0.15) is 0 Å². The molecule has 3 aliphatic rings. The van der Waals surface area contributed by atoms with Gasteiger partial charge in [0.25, 0.3) is 0 Å². The molecule has 3 heteroatoms. The molecule has 0 radical (unpaired) electrons. The second kappa shape index (κ2) is 4.87. The topological polar surface area (TPSA) is 26.3 Å². The van der Waals surface area contributed by atoms with Crippen molar-refractivity contribution >= 4 is 17.8 Å². The standard InChI is InChI=1S/C22H25O2P/c1-20-16-24-22(15-17(20)13-14-21(20,22)2)25(23,18-9-5-3-6-10-18)19-11-7-4-8-12-19/h3-12,17H,13-16H2,1-2H3/t17-,20+,21+,22-/m1/s1. The summed E-state index contributed by atoms with van der Waals surface area (Å²) in [6.07, 6.45) is 3.31. The highest BCUT2D eigenvalue weighted by Crippen LogP contribution is 2.84. The van der Waals surface area contributed by atoms with Crippen LogP contribution in [0.25, 0.3) is 0 Å². The van der Waals surface area contributed by atoms with Gasteiger partial charge in [0, 0.05) is 21.4 Å². The minimum atomic E-state index is -2.93. The Hall–Kier alpha value is -1.37. The van der Waals surface area contributed by atoms with Crippen molar-refractivity contribution in [3.63, 3.8) is 0 Å². The largest absolute Gasteiger partial charge is 0.365 e. The van der Waals surface area contributed by atoms with E-state index in [1.807, 2.05) is 60.7 Å². The van der Waals surface area contributed by atoms with Crippen molar-refractivity contribution in [1.29, 1.82) is 0 Å². The molecule has 25 heavy (non-hydrogen) atoms.